The van der Waals surface area contributed by atoms with E-state index in [0.717, 1.165) is 0 Å². The van der Waals surface area contributed by atoms with Gasteiger partial charge in [0.05, 0.1) is 30.1 Å². The molecule has 1 aromatic rings. The zero-order valence-electron chi connectivity index (χ0n) is 11.8. The van der Waals surface area contributed by atoms with Crippen molar-refractivity contribution in [2.45, 2.75) is 38.9 Å². The summed E-state index contributed by atoms with van der Waals surface area (Å²) in [5, 5.41) is 20.0. The van der Waals surface area contributed by atoms with Crippen LogP contribution >= 0.6 is 0 Å². The molecule has 0 spiro atoms. The molecule has 0 amide bonds. The van der Waals surface area contributed by atoms with Gasteiger partial charge in [0.1, 0.15) is 5.66 Å². The fourth-order valence-corrected chi connectivity index (χ4v) is 1.27. The van der Waals surface area contributed by atoms with E-state index in [0.29, 0.717) is 0 Å². The van der Waals surface area contributed by atoms with Gasteiger partial charge in [0.15, 0.2) is 0 Å². The van der Waals surface area contributed by atoms with Crippen LogP contribution in [0.5, 0.6) is 0 Å². The van der Waals surface area contributed by atoms with E-state index in [2.05, 4.69) is 4.74 Å². The highest BCUT2D eigenvalue weighted by Gasteiger charge is 2.41. The SMILES string of the molecule is COC(=O)c1ccoc1B(O)OC(C)(C)C(C)(C)O. The summed E-state index contributed by atoms with van der Waals surface area (Å²) < 4.78 is 15.0. The second kappa shape index (κ2) is 5.36. The number of hydrogen-bond donors (Lipinski definition) is 2. The van der Waals surface area contributed by atoms with Crippen LogP contribution in [-0.2, 0) is 9.39 Å². The van der Waals surface area contributed by atoms with E-state index >= 15 is 0 Å². The van der Waals surface area contributed by atoms with Crippen LogP contribution in [0.4, 0.5) is 0 Å². The maximum absolute atomic E-state index is 11.5. The normalized spacial score (nSPS) is 12.4. The van der Waals surface area contributed by atoms with Crippen LogP contribution < -0.4 is 5.66 Å². The summed E-state index contributed by atoms with van der Waals surface area (Å²) in [6, 6.07) is 1.38. The van der Waals surface area contributed by atoms with Gasteiger partial charge in [-0.15, -0.1) is 0 Å². The second-order valence-corrected chi connectivity index (χ2v) is 5.23. The number of ether oxygens (including phenoxy) is 1. The fourth-order valence-electron chi connectivity index (χ4n) is 1.27. The predicted octanol–water partition coefficient (Wildman–Crippen LogP) is 0.320. The molecule has 0 unspecified atom stereocenters. The Morgan fingerprint density at radius 3 is 2.42 bits per heavy atom. The average molecular weight is 270 g/mol. The summed E-state index contributed by atoms with van der Waals surface area (Å²) in [6.07, 6.45) is 1.26. The van der Waals surface area contributed by atoms with E-state index in [-0.39, 0.29) is 11.2 Å². The van der Waals surface area contributed by atoms with Crippen molar-refractivity contribution in [1.82, 2.24) is 0 Å². The van der Waals surface area contributed by atoms with E-state index in [4.69, 9.17) is 9.07 Å². The number of furan rings is 1. The first-order valence-electron chi connectivity index (χ1n) is 5.84. The smallest absolute Gasteiger partial charge is 0.472 e. The van der Waals surface area contributed by atoms with E-state index in [1.165, 1.54) is 19.4 Å². The van der Waals surface area contributed by atoms with Gasteiger partial charge in [0.2, 0.25) is 0 Å². The zero-order chi connectivity index (χ0) is 14.8. The molecule has 0 aliphatic heterocycles. The Morgan fingerprint density at radius 2 is 1.95 bits per heavy atom. The summed E-state index contributed by atoms with van der Waals surface area (Å²) in [5.74, 6) is -0.632. The van der Waals surface area contributed by atoms with E-state index < -0.39 is 24.3 Å². The molecule has 6 nitrogen and oxygen atoms in total. The Hall–Kier alpha value is -1.31. The first kappa shape index (κ1) is 15.8. The lowest BCUT2D eigenvalue weighted by Crippen LogP contribution is -2.53. The number of carbonyl (C=O) groups excluding carboxylic acids is 1. The zero-order valence-corrected chi connectivity index (χ0v) is 11.8. The van der Waals surface area contributed by atoms with Crippen molar-refractivity contribution in [3.63, 3.8) is 0 Å². The minimum absolute atomic E-state index is 0.0517. The van der Waals surface area contributed by atoms with Gasteiger partial charge >= 0.3 is 13.1 Å². The molecule has 0 fully saturated rings. The van der Waals surface area contributed by atoms with Crippen LogP contribution in [-0.4, -0.2) is 41.5 Å². The molecule has 1 heterocycles. The maximum atomic E-state index is 11.5. The van der Waals surface area contributed by atoms with E-state index in [1.54, 1.807) is 27.7 Å². The minimum atomic E-state index is -1.48. The topological polar surface area (TPSA) is 89.1 Å². The highest BCUT2D eigenvalue weighted by atomic mass is 16.6. The standard InChI is InChI=1S/C12H19BO6/c1-11(2,15)12(3,4)19-13(16)9-8(6-7-18-9)10(14)17-5/h6-7,15-16H,1-5H3. The van der Waals surface area contributed by atoms with Crippen LogP contribution in [0.15, 0.2) is 16.7 Å². The molecule has 7 heteroatoms. The quantitative estimate of drug-likeness (QED) is 0.591. The Labute approximate surface area is 112 Å². The molecule has 0 saturated heterocycles. The van der Waals surface area contributed by atoms with Gasteiger partial charge in [-0.3, -0.25) is 0 Å². The monoisotopic (exact) mass is 270 g/mol. The molecule has 1 aromatic heterocycles. The summed E-state index contributed by atoms with van der Waals surface area (Å²) >= 11 is 0. The number of aliphatic hydroxyl groups is 1. The fraction of sp³-hybridized carbons (Fsp3) is 0.583. The molecule has 0 aliphatic carbocycles. The van der Waals surface area contributed by atoms with Crippen LogP contribution in [0.2, 0.25) is 0 Å². The van der Waals surface area contributed by atoms with Gasteiger partial charge in [-0.05, 0) is 33.8 Å². The highest BCUT2D eigenvalue weighted by molar-refractivity contribution is 6.60. The molecular weight excluding hydrogens is 251 g/mol. The average Bonchev–Trinajstić information content (AvgIpc) is 2.74. The van der Waals surface area contributed by atoms with Crippen molar-refractivity contribution in [1.29, 1.82) is 0 Å². The van der Waals surface area contributed by atoms with Gasteiger partial charge in [-0.1, -0.05) is 0 Å². The minimum Gasteiger partial charge on any atom is -0.472 e. The number of carbonyl (C=O) groups is 1. The lowest BCUT2D eigenvalue weighted by Gasteiger charge is -2.38. The van der Waals surface area contributed by atoms with Gasteiger partial charge < -0.3 is 23.9 Å². The van der Waals surface area contributed by atoms with Crippen molar-refractivity contribution >= 4 is 18.7 Å². The van der Waals surface area contributed by atoms with Gasteiger partial charge in [-0.2, -0.15) is 0 Å². The Bertz CT molecular complexity index is 445. The molecular formula is C12H19BO6. The third kappa shape index (κ3) is 3.37. The van der Waals surface area contributed by atoms with E-state index in [1.807, 2.05) is 0 Å². The third-order valence-corrected chi connectivity index (χ3v) is 3.20. The van der Waals surface area contributed by atoms with Gasteiger partial charge in [0, 0.05) is 0 Å². The number of rotatable bonds is 5. The van der Waals surface area contributed by atoms with Crippen LogP contribution in [0.25, 0.3) is 0 Å². The molecule has 106 valence electrons. The summed E-state index contributed by atoms with van der Waals surface area (Å²) in [4.78, 5) is 11.5. The predicted molar refractivity (Wildman–Crippen MR) is 69.1 cm³/mol. The van der Waals surface area contributed by atoms with Crippen molar-refractivity contribution in [3.8, 4) is 0 Å². The molecule has 0 aliphatic rings. The highest BCUT2D eigenvalue weighted by Crippen LogP contribution is 2.25. The lowest BCUT2D eigenvalue weighted by atomic mass is 9.79. The molecule has 0 bridgehead atoms. The van der Waals surface area contributed by atoms with Crippen LogP contribution in [0.1, 0.15) is 38.1 Å². The maximum Gasteiger partial charge on any atom is 0.530 e. The van der Waals surface area contributed by atoms with Crippen LogP contribution in [0, 0.1) is 0 Å². The Kier molecular flexibility index (Phi) is 4.44. The lowest BCUT2D eigenvalue weighted by molar-refractivity contribution is -0.0986. The van der Waals surface area contributed by atoms with Crippen molar-refractivity contribution in [3.05, 3.63) is 17.9 Å². The largest absolute Gasteiger partial charge is 0.530 e. The Balaban J connectivity index is 2.94. The summed E-state index contributed by atoms with van der Waals surface area (Å²) in [5.41, 5.74) is -2.20. The summed E-state index contributed by atoms with van der Waals surface area (Å²) in [6.45, 7) is 6.36. The molecule has 0 atom stereocenters. The first-order valence-corrected chi connectivity index (χ1v) is 5.84. The number of hydrogen-bond acceptors (Lipinski definition) is 6. The number of esters is 1. The third-order valence-electron chi connectivity index (χ3n) is 3.20. The summed E-state index contributed by atoms with van der Waals surface area (Å²) in [7, 11) is -0.252. The Morgan fingerprint density at radius 1 is 1.37 bits per heavy atom. The first-order chi connectivity index (χ1) is 8.60. The van der Waals surface area contributed by atoms with E-state index in [9.17, 15) is 14.9 Å². The van der Waals surface area contributed by atoms with Gasteiger partial charge in [0.25, 0.3) is 0 Å². The van der Waals surface area contributed by atoms with Crippen molar-refractivity contribution in [2.75, 3.05) is 7.11 Å². The van der Waals surface area contributed by atoms with Crippen molar-refractivity contribution in [2.24, 2.45) is 0 Å². The number of methoxy groups -OCH3 is 1. The molecule has 19 heavy (non-hydrogen) atoms. The molecule has 0 aromatic carbocycles. The second-order valence-electron chi connectivity index (χ2n) is 5.23. The van der Waals surface area contributed by atoms with Crippen molar-refractivity contribution < 1.29 is 28.7 Å². The molecule has 0 saturated carbocycles. The molecule has 2 N–H and O–H groups in total. The van der Waals surface area contributed by atoms with Crippen LogP contribution in [0.3, 0.4) is 0 Å². The molecule has 0 radical (unpaired) electrons. The van der Waals surface area contributed by atoms with Gasteiger partial charge in [-0.25, -0.2) is 4.79 Å². The molecule has 1 rings (SSSR count).